The largest absolute Gasteiger partial charge is 0.394 e. The molecule has 1 fully saturated rings. The Kier molecular flexibility index (Phi) is 3.18. The highest BCUT2D eigenvalue weighted by atomic mass is 16.3. The van der Waals surface area contributed by atoms with Crippen molar-refractivity contribution in [2.45, 2.75) is 18.9 Å². The molecule has 0 aromatic carbocycles. The predicted octanol–water partition coefficient (Wildman–Crippen LogP) is 0.674. The fourth-order valence-electron chi connectivity index (χ4n) is 1.90. The van der Waals surface area contributed by atoms with Gasteiger partial charge in [-0.15, -0.1) is 0 Å². The van der Waals surface area contributed by atoms with Gasteiger partial charge in [0, 0.05) is 25.0 Å². The summed E-state index contributed by atoms with van der Waals surface area (Å²) < 4.78 is 0. The lowest BCUT2D eigenvalue weighted by atomic mass is 10.2. The molecular weight excluding hydrogens is 190 g/mol. The minimum atomic E-state index is -0.368. The third-order valence-corrected chi connectivity index (χ3v) is 2.81. The first-order valence-corrected chi connectivity index (χ1v) is 5.38. The van der Waals surface area contributed by atoms with Crippen LogP contribution in [0.25, 0.3) is 0 Å². The molecule has 1 aliphatic rings. The number of nitrogens with two attached hydrogens (primary N) is 1. The van der Waals surface area contributed by atoms with Crippen molar-refractivity contribution in [1.82, 2.24) is 4.98 Å². The Balaban J connectivity index is 2.18. The molecule has 1 aliphatic heterocycles. The van der Waals surface area contributed by atoms with E-state index in [2.05, 4.69) is 9.88 Å². The third-order valence-electron chi connectivity index (χ3n) is 2.81. The number of nitrogens with zero attached hydrogens (tertiary/aromatic N) is 2. The summed E-state index contributed by atoms with van der Waals surface area (Å²) in [6, 6.07) is 3.61. The fourth-order valence-corrected chi connectivity index (χ4v) is 1.90. The fraction of sp³-hybridized carbons (Fsp3) is 0.545. The molecule has 0 bridgehead atoms. The molecule has 1 aromatic heterocycles. The van der Waals surface area contributed by atoms with Gasteiger partial charge in [-0.05, 0) is 25.0 Å². The van der Waals surface area contributed by atoms with E-state index >= 15 is 0 Å². The van der Waals surface area contributed by atoms with Crippen molar-refractivity contribution in [1.29, 1.82) is 0 Å². The number of aliphatic hydroxyl groups excluding tert-OH is 1. The second kappa shape index (κ2) is 4.59. The van der Waals surface area contributed by atoms with E-state index in [1.165, 1.54) is 18.5 Å². The molecule has 0 unspecified atom stereocenters. The molecule has 0 spiro atoms. The molecule has 4 nitrogen and oxygen atoms in total. The summed E-state index contributed by atoms with van der Waals surface area (Å²) in [5.74, 6) is 0. The van der Waals surface area contributed by atoms with Crippen LogP contribution in [0.4, 0.5) is 5.69 Å². The van der Waals surface area contributed by atoms with Crippen LogP contribution in [-0.2, 0) is 0 Å². The maximum Gasteiger partial charge on any atom is 0.0705 e. The highest BCUT2D eigenvalue weighted by Gasteiger charge is 2.14. The summed E-state index contributed by atoms with van der Waals surface area (Å²) in [6.45, 7) is 2.16. The number of hydrogen-bond acceptors (Lipinski definition) is 4. The van der Waals surface area contributed by atoms with Crippen molar-refractivity contribution in [3.8, 4) is 0 Å². The summed E-state index contributed by atoms with van der Waals surface area (Å²) in [4.78, 5) is 6.50. The molecule has 0 radical (unpaired) electrons. The first-order chi connectivity index (χ1) is 7.31. The van der Waals surface area contributed by atoms with Gasteiger partial charge in [0.25, 0.3) is 0 Å². The molecule has 1 saturated heterocycles. The normalized spacial score (nSPS) is 18.1. The van der Waals surface area contributed by atoms with E-state index < -0.39 is 0 Å². The molecule has 4 heteroatoms. The number of anilines is 1. The first-order valence-electron chi connectivity index (χ1n) is 5.38. The molecule has 82 valence electrons. The highest BCUT2D eigenvalue weighted by molar-refractivity contribution is 5.47. The Bertz CT molecular complexity index is 323. The number of hydrogen-bond donors (Lipinski definition) is 2. The Morgan fingerprint density at radius 2 is 2.20 bits per heavy atom. The lowest BCUT2D eigenvalue weighted by molar-refractivity contribution is 0.266. The maximum absolute atomic E-state index is 8.97. The van der Waals surface area contributed by atoms with Crippen LogP contribution in [0.5, 0.6) is 0 Å². The number of rotatable bonds is 3. The van der Waals surface area contributed by atoms with E-state index in [1.807, 2.05) is 12.1 Å². The van der Waals surface area contributed by atoms with Gasteiger partial charge in [0.15, 0.2) is 0 Å². The van der Waals surface area contributed by atoms with Crippen molar-refractivity contribution in [2.75, 3.05) is 24.6 Å². The number of aliphatic hydroxyl groups is 1. The quantitative estimate of drug-likeness (QED) is 0.765. The van der Waals surface area contributed by atoms with Gasteiger partial charge < -0.3 is 15.7 Å². The van der Waals surface area contributed by atoms with Gasteiger partial charge in [-0.25, -0.2) is 0 Å². The van der Waals surface area contributed by atoms with Gasteiger partial charge in [0.2, 0.25) is 0 Å². The highest BCUT2D eigenvalue weighted by Crippen LogP contribution is 2.21. The third kappa shape index (κ3) is 2.27. The van der Waals surface area contributed by atoms with Crippen molar-refractivity contribution < 1.29 is 5.11 Å². The van der Waals surface area contributed by atoms with E-state index in [9.17, 15) is 0 Å². The first kappa shape index (κ1) is 10.4. The summed E-state index contributed by atoms with van der Waals surface area (Å²) in [5, 5.41) is 8.97. The molecule has 0 saturated carbocycles. The second-order valence-corrected chi connectivity index (χ2v) is 3.92. The summed E-state index contributed by atoms with van der Waals surface area (Å²) in [7, 11) is 0. The van der Waals surface area contributed by atoms with Gasteiger partial charge in [-0.1, -0.05) is 0 Å². The van der Waals surface area contributed by atoms with Gasteiger partial charge in [-0.2, -0.15) is 0 Å². The van der Waals surface area contributed by atoms with Crippen LogP contribution < -0.4 is 10.6 Å². The van der Waals surface area contributed by atoms with Crippen molar-refractivity contribution in [3.05, 3.63) is 24.0 Å². The van der Waals surface area contributed by atoms with E-state index in [0.717, 1.165) is 18.8 Å². The van der Waals surface area contributed by atoms with Crippen molar-refractivity contribution >= 4 is 5.69 Å². The van der Waals surface area contributed by atoms with E-state index in [1.54, 1.807) is 6.20 Å². The van der Waals surface area contributed by atoms with E-state index in [-0.39, 0.29) is 12.6 Å². The van der Waals surface area contributed by atoms with E-state index in [0.29, 0.717) is 0 Å². The van der Waals surface area contributed by atoms with Gasteiger partial charge >= 0.3 is 0 Å². The molecule has 2 rings (SSSR count). The lowest BCUT2D eigenvalue weighted by Crippen LogP contribution is -2.20. The summed E-state index contributed by atoms with van der Waals surface area (Å²) in [5.41, 5.74) is 7.66. The van der Waals surface area contributed by atoms with Crippen molar-refractivity contribution in [2.24, 2.45) is 5.73 Å². The van der Waals surface area contributed by atoms with Crippen LogP contribution in [0.1, 0.15) is 24.6 Å². The maximum atomic E-state index is 8.97. The minimum absolute atomic E-state index is 0.0591. The molecule has 1 aromatic rings. The SMILES string of the molecule is N[C@H](CO)c1cc(N2CCCC2)ccn1. The van der Waals surface area contributed by atoms with Crippen LogP contribution in [0.2, 0.25) is 0 Å². The standard InChI is InChI=1S/C11H17N3O/c12-10(8-15)11-7-9(3-4-13-11)14-5-1-2-6-14/h3-4,7,10,15H,1-2,5-6,8,12H2/t10-/m1/s1. The Labute approximate surface area is 89.7 Å². The Hall–Kier alpha value is -1.13. The summed E-state index contributed by atoms with van der Waals surface area (Å²) >= 11 is 0. The Morgan fingerprint density at radius 1 is 1.47 bits per heavy atom. The lowest BCUT2D eigenvalue weighted by Gasteiger charge is -2.18. The van der Waals surface area contributed by atoms with Crippen LogP contribution >= 0.6 is 0 Å². The average Bonchev–Trinajstić information content (AvgIpc) is 2.82. The molecule has 2 heterocycles. The van der Waals surface area contributed by atoms with Crippen LogP contribution in [0, 0.1) is 0 Å². The molecule has 15 heavy (non-hydrogen) atoms. The molecule has 3 N–H and O–H groups in total. The predicted molar refractivity (Wildman–Crippen MR) is 59.7 cm³/mol. The van der Waals surface area contributed by atoms with Crippen LogP contribution in [0.15, 0.2) is 18.3 Å². The smallest absolute Gasteiger partial charge is 0.0705 e. The zero-order valence-corrected chi connectivity index (χ0v) is 8.76. The average molecular weight is 207 g/mol. The Morgan fingerprint density at radius 3 is 2.87 bits per heavy atom. The van der Waals surface area contributed by atoms with Gasteiger partial charge in [0.05, 0.1) is 18.3 Å². The number of pyridine rings is 1. The second-order valence-electron chi connectivity index (χ2n) is 3.92. The minimum Gasteiger partial charge on any atom is -0.394 e. The van der Waals surface area contributed by atoms with E-state index in [4.69, 9.17) is 10.8 Å². The monoisotopic (exact) mass is 207 g/mol. The molecular formula is C11H17N3O. The van der Waals surface area contributed by atoms with Crippen LogP contribution in [0.3, 0.4) is 0 Å². The molecule has 1 atom stereocenters. The zero-order valence-electron chi connectivity index (χ0n) is 8.76. The van der Waals surface area contributed by atoms with Crippen molar-refractivity contribution in [3.63, 3.8) is 0 Å². The topological polar surface area (TPSA) is 62.4 Å². The molecule has 0 aliphatic carbocycles. The van der Waals surface area contributed by atoms with Gasteiger partial charge in [-0.3, -0.25) is 4.98 Å². The number of aromatic nitrogens is 1. The zero-order chi connectivity index (χ0) is 10.7. The van der Waals surface area contributed by atoms with Crippen LogP contribution in [-0.4, -0.2) is 29.8 Å². The van der Waals surface area contributed by atoms with Gasteiger partial charge in [0.1, 0.15) is 0 Å². The molecule has 0 amide bonds. The summed E-state index contributed by atoms with van der Waals surface area (Å²) in [6.07, 6.45) is 4.27.